The Morgan fingerprint density at radius 2 is 2.20 bits per heavy atom. The van der Waals surface area contributed by atoms with Crippen LogP contribution in [0.25, 0.3) is 11.0 Å². The van der Waals surface area contributed by atoms with Gasteiger partial charge in [0, 0.05) is 12.1 Å². The van der Waals surface area contributed by atoms with Gasteiger partial charge in [0.2, 0.25) is 0 Å². The van der Waals surface area contributed by atoms with E-state index < -0.39 is 4.92 Å². The fourth-order valence-electron chi connectivity index (χ4n) is 1.36. The van der Waals surface area contributed by atoms with E-state index >= 15 is 0 Å². The molecular formula is C9H6ClN3O2. The van der Waals surface area contributed by atoms with Crippen LogP contribution in [-0.2, 0) is 0 Å². The van der Waals surface area contributed by atoms with E-state index in [1.165, 1.54) is 18.3 Å². The number of hydrogen-bond donors (Lipinski definition) is 0. The molecule has 6 heteroatoms. The van der Waals surface area contributed by atoms with Crippen LogP contribution in [0.2, 0.25) is 5.15 Å². The minimum Gasteiger partial charge on any atom is -0.258 e. The molecule has 0 aliphatic rings. The average Bonchev–Trinajstić information content (AvgIpc) is 2.16. The van der Waals surface area contributed by atoms with Gasteiger partial charge in [-0.1, -0.05) is 11.6 Å². The second-order valence-electron chi connectivity index (χ2n) is 3.08. The third-order valence-electron chi connectivity index (χ3n) is 2.00. The van der Waals surface area contributed by atoms with Crippen LogP contribution in [0.4, 0.5) is 5.69 Å². The Morgan fingerprint density at radius 1 is 1.47 bits per heavy atom. The van der Waals surface area contributed by atoms with Gasteiger partial charge < -0.3 is 0 Å². The highest BCUT2D eigenvalue weighted by Crippen LogP contribution is 2.22. The number of fused-ring (bicyclic) bond motifs is 1. The van der Waals surface area contributed by atoms with Gasteiger partial charge in [-0.3, -0.25) is 15.1 Å². The summed E-state index contributed by atoms with van der Waals surface area (Å²) in [6.07, 6.45) is 1.42. The highest BCUT2D eigenvalue weighted by atomic mass is 35.5. The summed E-state index contributed by atoms with van der Waals surface area (Å²) in [4.78, 5) is 18.2. The smallest absolute Gasteiger partial charge is 0.258 e. The van der Waals surface area contributed by atoms with Crippen molar-refractivity contribution in [3.05, 3.63) is 39.2 Å². The van der Waals surface area contributed by atoms with Crippen LogP contribution >= 0.6 is 11.6 Å². The zero-order valence-corrected chi connectivity index (χ0v) is 8.52. The highest BCUT2D eigenvalue weighted by molar-refractivity contribution is 6.29. The van der Waals surface area contributed by atoms with Crippen LogP contribution in [-0.4, -0.2) is 14.9 Å². The minimum absolute atomic E-state index is 0.00318. The van der Waals surface area contributed by atoms with Crippen LogP contribution in [0.3, 0.4) is 0 Å². The molecule has 2 aromatic rings. The third-order valence-corrected chi connectivity index (χ3v) is 2.19. The second kappa shape index (κ2) is 3.43. The first-order valence-corrected chi connectivity index (χ1v) is 4.53. The van der Waals surface area contributed by atoms with Gasteiger partial charge in [0.1, 0.15) is 5.15 Å². The molecule has 2 rings (SSSR count). The number of hydrogen-bond acceptors (Lipinski definition) is 4. The lowest BCUT2D eigenvalue weighted by atomic mass is 10.2. The zero-order valence-electron chi connectivity index (χ0n) is 7.77. The molecule has 1 heterocycles. The molecule has 1 aromatic heterocycles. The molecule has 15 heavy (non-hydrogen) atoms. The molecular weight excluding hydrogens is 218 g/mol. The van der Waals surface area contributed by atoms with Gasteiger partial charge in [-0.2, -0.15) is 0 Å². The van der Waals surface area contributed by atoms with Gasteiger partial charge in [-0.25, -0.2) is 4.98 Å². The largest absolute Gasteiger partial charge is 0.272 e. The predicted octanol–water partition coefficient (Wildman–Crippen LogP) is 2.50. The molecule has 76 valence electrons. The van der Waals surface area contributed by atoms with Crippen molar-refractivity contribution in [2.45, 2.75) is 6.92 Å². The highest BCUT2D eigenvalue weighted by Gasteiger charge is 2.11. The van der Waals surface area contributed by atoms with Gasteiger partial charge in [-0.05, 0) is 12.5 Å². The molecule has 0 saturated carbocycles. The summed E-state index contributed by atoms with van der Waals surface area (Å²) in [6, 6.07) is 2.83. The number of aromatic nitrogens is 2. The van der Waals surface area contributed by atoms with Crippen molar-refractivity contribution in [3.63, 3.8) is 0 Å². The number of non-ortho nitro benzene ring substituents is 1. The van der Waals surface area contributed by atoms with Crippen molar-refractivity contribution >= 4 is 28.3 Å². The molecule has 0 atom stereocenters. The number of aryl methyl sites for hydroxylation is 1. The summed E-state index contributed by atoms with van der Waals surface area (Å²) >= 11 is 5.66. The monoisotopic (exact) mass is 223 g/mol. The number of nitrogens with zero attached hydrogens (tertiary/aromatic N) is 3. The topological polar surface area (TPSA) is 68.9 Å². The van der Waals surface area contributed by atoms with E-state index in [4.69, 9.17) is 11.6 Å². The van der Waals surface area contributed by atoms with Crippen molar-refractivity contribution in [2.75, 3.05) is 0 Å². The molecule has 0 spiro atoms. The van der Waals surface area contributed by atoms with Crippen LogP contribution in [0.5, 0.6) is 0 Å². The van der Waals surface area contributed by atoms with Crippen molar-refractivity contribution in [3.8, 4) is 0 Å². The molecule has 0 fully saturated rings. The van der Waals surface area contributed by atoms with Crippen LogP contribution in [0.15, 0.2) is 18.3 Å². The third kappa shape index (κ3) is 1.73. The Labute approximate surface area is 89.9 Å². The standard InChI is InChI=1S/C9H6ClN3O2/c1-5-2-6(13(14)15)3-7-9(5)11-4-8(10)12-7/h2-4H,1H3. The SMILES string of the molecule is Cc1cc([N+](=O)[O-])cc2nc(Cl)cnc12. The molecule has 0 aliphatic carbocycles. The lowest BCUT2D eigenvalue weighted by Gasteiger charge is -2.00. The second-order valence-corrected chi connectivity index (χ2v) is 3.47. The Kier molecular flexibility index (Phi) is 2.24. The average molecular weight is 224 g/mol. The minimum atomic E-state index is -0.463. The maximum Gasteiger partial charge on any atom is 0.272 e. The molecule has 0 N–H and O–H groups in total. The van der Waals surface area contributed by atoms with E-state index in [1.807, 2.05) is 0 Å². The summed E-state index contributed by atoms with van der Waals surface area (Å²) in [7, 11) is 0. The van der Waals surface area contributed by atoms with Crippen molar-refractivity contribution in [2.24, 2.45) is 0 Å². The molecule has 0 aliphatic heterocycles. The lowest BCUT2D eigenvalue weighted by Crippen LogP contribution is -1.93. The molecule has 0 radical (unpaired) electrons. The van der Waals surface area contributed by atoms with Crippen molar-refractivity contribution in [1.29, 1.82) is 0 Å². The quantitative estimate of drug-likeness (QED) is 0.550. The van der Waals surface area contributed by atoms with Crippen molar-refractivity contribution in [1.82, 2.24) is 9.97 Å². The van der Waals surface area contributed by atoms with E-state index in [-0.39, 0.29) is 10.8 Å². The maximum absolute atomic E-state index is 10.6. The first-order chi connectivity index (χ1) is 7.08. The molecule has 0 bridgehead atoms. The van der Waals surface area contributed by atoms with E-state index in [1.54, 1.807) is 6.92 Å². The van der Waals surface area contributed by atoms with Gasteiger partial charge in [0.25, 0.3) is 5.69 Å². The Balaban J connectivity index is 2.79. The number of nitro groups is 1. The number of benzene rings is 1. The summed E-state index contributed by atoms with van der Waals surface area (Å²) in [5.74, 6) is 0. The van der Waals surface area contributed by atoms with E-state index in [0.29, 0.717) is 16.6 Å². The summed E-state index contributed by atoms with van der Waals surface area (Å²) in [5, 5.41) is 10.8. The number of halogens is 1. The van der Waals surface area contributed by atoms with E-state index in [2.05, 4.69) is 9.97 Å². The normalized spacial score (nSPS) is 10.5. The molecule has 0 saturated heterocycles. The molecule has 1 aromatic carbocycles. The van der Waals surface area contributed by atoms with Gasteiger partial charge in [0.05, 0.1) is 22.2 Å². The van der Waals surface area contributed by atoms with Gasteiger partial charge >= 0.3 is 0 Å². The van der Waals surface area contributed by atoms with Crippen LogP contribution in [0, 0.1) is 17.0 Å². The fourth-order valence-corrected chi connectivity index (χ4v) is 1.50. The molecule has 0 unspecified atom stereocenters. The van der Waals surface area contributed by atoms with Crippen LogP contribution in [0.1, 0.15) is 5.56 Å². The predicted molar refractivity (Wildman–Crippen MR) is 55.9 cm³/mol. The van der Waals surface area contributed by atoms with Crippen molar-refractivity contribution < 1.29 is 4.92 Å². The summed E-state index contributed by atoms with van der Waals surface area (Å²) in [5.41, 5.74) is 1.78. The Bertz CT molecular complexity index is 556. The van der Waals surface area contributed by atoms with E-state index in [9.17, 15) is 10.1 Å². The molecule has 0 amide bonds. The number of rotatable bonds is 1. The van der Waals surface area contributed by atoms with E-state index in [0.717, 1.165) is 0 Å². The first kappa shape index (κ1) is 9.79. The zero-order chi connectivity index (χ0) is 11.0. The van der Waals surface area contributed by atoms with Crippen LogP contribution < -0.4 is 0 Å². The summed E-state index contributed by atoms with van der Waals surface area (Å²) in [6.45, 7) is 1.75. The lowest BCUT2D eigenvalue weighted by molar-refractivity contribution is -0.384. The maximum atomic E-state index is 10.6. The summed E-state index contributed by atoms with van der Waals surface area (Å²) < 4.78 is 0. The fraction of sp³-hybridized carbons (Fsp3) is 0.111. The Hall–Kier alpha value is -1.75. The molecule has 5 nitrogen and oxygen atoms in total. The van der Waals surface area contributed by atoms with Gasteiger partial charge in [0.15, 0.2) is 0 Å². The Morgan fingerprint density at radius 3 is 2.87 bits per heavy atom. The van der Waals surface area contributed by atoms with Gasteiger partial charge in [-0.15, -0.1) is 0 Å². The first-order valence-electron chi connectivity index (χ1n) is 4.15. The number of nitro benzene ring substituents is 1.